The third kappa shape index (κ3) is 2.48. The van der Waals surface area contributed by atoms with Crippen molar-refractivity contribution in [2.45, 2.75) is 13.8 Å². The Morgan fingerprint density at radius 2 is 2.10 bits per heavy atom. The molecule has 1 amide bonds. The first-order valence-corrected chi connectivity index (χ1v) is 7.16. The second-order valence-corrected chi connectivity index (χ2v) is 4.98. The largest absolute Gasteiger partial charge is 0.364 e. The van der Waals surface area contributed by atoms with E-state index in [4.69, 9.17) is 17.3 Å². The van der Waals surface area contributed by atoms with Crippen LogP contribution >= 0.6 is 27.5 Å². The predicted molar refractivity (Wildman–Crippen MR) is 83.1 cm³/mol. The Hall–Kier alpha value is -1.66. The van der Waals surface area contributed by atoms with Crippen molar-refractivity contribution in [3.63, 3.8) is 0 Å². The van der Waals surface area contributed by atoms with E-state index in [0.29, 0.717) is 10.8 Å². The van der Waals surface area contributed by atoms with Gasteiger partial charge in [0.15, 0.2) is 5.65 Å². The molecule has 0 atom stereocenters. The number of amides is 1. The van der Waals surface area contributed by atoms with Crippen molar-refractivity contribution < 1.29 is 4.79 Å². The molecule has 0 saturated carbocycles. The van der Waals surface area contributed by atoms with Crippen molar-refractivity contribution in [3.8, 4) is 0 Å². The number of hydrogen-bond acceptors (Lipinski definition) is 3. The number of pyridine rings is 2. The maximum atomic E-state index is 11.2. The molecule has 2 N–H and O–H groups in total. The molecule has 3 aromatic rings. The van der Waals surface area contributed by atoms with Gasteiger partial charge >= 0.3 is 0 Å². The fourth-order valence-electron chi connectivity index (χ4n) is 1.80. The smallest absolute Gasteiger partial charge is 0.268 e. The average molecular weight is 356 g/mol. The molecule has 0 radical (unpaired) electrons. The van der Waals surface area contributed by atoms with E-state index in [0.717, 1.165) is 15.4 Å². The van der Waals surface area contributed by atoms with E-state index in [2.05, 4.69) is 25.9 Å². The maximum absolute atomic E-state index is 11.2. The molecule has 3 aromatic heterocycles. The normalized spacial score (nSPS) is 10.4. The van der Waals surface area contributed by atoms with Crippen LogP contribution in [0.15, 0.2) is 29.0 Å². The fraction of sp³-hybridized carbons (Fsp3) is 0.154. The van der Waals surface area contributed by atoms with Crippen LogP contribution in [-0.4, -0.2) is 20.3 Å². The van der Waals surface area contributed by atoms with Gasteiger partial charge in [-0.2, -0.15) is 0 Å². The summed E-state index contributed by atoms with van der Waals surface area (Å²) in [7, 11) is 0. The highest BCUT2D eigenvalue weighted by atomic mass is 79.9. The highest BCUT2D eigenvalue weighted by Crippen LogP contribution is 2.26. The van der Waals surface area contributed by atoms with Crippen molar-refractivity contribution in [1.82, 2.24) is 14.4 Å². The number of fused-ring (bicyclic) bond motifs is 3. The molecule has 0 aliphatic heterocycles. The van der Waals surface area contributed by atoms with E-state index < -0.39 is 5.91 Å². The quantitative estimate of drug-likeness (QED) is 0.680. The highest BCUT2D eigenvalue weighted by Gasteiger charge is 2.12. The maximum Gasteiger partial charge on any atom is 0.268 e. The topological polar surface area (TPSA) is 73.3 Å². The molecule has 3 rings (SSSR count). The van der Waals surface area contributed by atoms with Crippen LogP contribution in [0.1, 0.15) is 24.3 Å². The first-order valence-electron chi connectivity index (χ1n) is 5.99. The summed E-state index contributed by atoms with van der Waals surface area (Å²) in [6.45, 7) is 4.00. The Morgan fingerprint density at radius 3 is 2.75 bits per heavy atom. The number of nitrogens with zero attached hydrogens (tertiary/aromatic N) is 3. The van der Waals surface area contributed by atoms with E-state index in [9.17, 15) is 4.79 Å². The molecular formula is C13H12BrClN4O. The van der Waals surface area contributed by atoms with Gasteiger partial charge in [-0.3, -0.25) is 9.20 Å². The molecule has 0 aromatic carbocycles. The van der Waals surface area contributed by atoms with Crippen molar-refractivity contribution in [2.24, 2.45) is 5.73 Å². The lowest BCUT2D eigenvalue weighted by Crippen LogP contribution is -2.10. The second kappa shape index (κ2) is 5.76. The minimum absolute atomic E-state index is 0.205. The lowest BCUT2D eigenvalue weighted by Gasteiger charge is -2.03. The number of aromatic nitrogens is 3. The predicted octanol–water partition coefficient (Wildman–Crippen LogP) is 3.42. The van der Waals surface area contributed by atoms with Gasteiger partial charge in [-0.05, 0) is 22.0 Å². The molecule has 5 nitrogen and oxygen atoms in total. The van der Waals surface area contributed by atoms with Crippen LogP contribution in [0.5, 0.6) is 0 Å². The van der Waals surface area contributed by atoms with Crippen LogP contribution in [0.2, 0.25) is 5.15 Å². The summed E-state index contributed by atoms with van der Waals surface area (Å²) in [5, 5.41) is 1.26. The summed E-state index contributed by atoms with van der Waals surface area (Å²) in [5.41, 5.74) is 6.86. The number of carbonyl (C=O) groups excluding carboxylic acids is 1. The average Bonchev–Trinajstić information content (AvgIpc) is 2.88. The van der Waals surface area contributed by atoms with Gasteiger partial charge in [0.05, 0.1) is 9.99 Å². The van der Waals surface area contributed by atoms with Gasteiger partial charge in [-0.1, -0.05) is 25.4 Å². The number of hydrogen-bond donors (Lipinski definition) is 1. The van der Waals surface area contributed by atoms with E-state index in [1.807, 2.05) is 19.9 Å². The number of rotatable bonds is 1. The first-order chi connectivity index (χ1) is 9.56. The molecule has 0 unspecified atom stereocenters. The summed E-state index contributed by atoms with van der Waals surface area (Å²) in [4.78, 5) is 19.4. The Morgan fingerprint density at radius 1 is 1.40 bits per heavy atom. The van der Waals surface area contributed by atoms with Crippen LogP contribution in [0.25, 0.3) is 16.6 Å². The monoisotopic (exact) mass is 354 g/mol. The lowest BCUT2D eigenvalue weighted by atomic mass is 10.3. The Kier molecular flexibility index (Phi) is 4.25. The van der Waals surface area contributed by atoms with Crippen LogP contribution in [-0.2, 0) is 0 Å². The molecule has 0 fully saturated rings. The molecular weight excluding hydrogens is 344 g/mol. The summed E-state index contributed by atoms with van der Waals surface area (Å²) < 4.78 is 2.51. The van der Waals surface area contributed by atoms with Gasteiger partial charge in [0.1, 0.15) is 10.8 Å². The van der Waals surface area contributed by atoms with E-state index >= 15 is 0 Å². The number of nitrogens with two attached hydrogens (primary N) is 1. The Bertz CT molecular complexity index is 800. The zero-order valence-electron chi connectivity index (χ0n) is 10.9. The van der Waals surface area contributed by atoms with Crippen LogP contribution in [0.4, 0.5) is 0 Å². The molecule has 0 aliphatic rings. The lowest BCUT2D eigenvalue weighted by molar-refractivity contribution is 0.0996. The fourth-order valence-corrected chi connectivity index (χ4v) is 2.48. The molecule has 0 spiro atoms. The van der Waals surface area contributed by atoms with Crippen molar-refractivity contribution in [3.05, 3.63) is 39.8 Å². The van der Waals surface area contributed by atoms with Gasteiger partial charge in [-0.25, -0.2) is 9.97 Å². The van der Waals surface area contributed by atoms with Crippen LogP contribution in [0, 0.1) is 0 Å². The van der Waals surface area contributed by atoms with Crippen molar-refractivity contribution in [2.75, 3.05) is 0 Å². The number of carbonyl (C=O) groups is 1. The standard InChI is InChI=1S/C11H6BrClN4O.C2H6/c12-6-1-5-3-15-9(13)2-8(5)17-4-7(10(14)18)16-11(6)17;1-2/h1-4H,(H2,14,18);1-2H3. The first kappa shape index (κ1) is 14.7. The molecule has 104 valence electrons. The SMILES string of the molecule is CC.NC(=O)c1cn2c(n1)c(Br)cc1cnc(Cl)cc12. The number of imidazole rings is 1. The highest BCUT2D eigenvalue weighted by molar-refractivity contribution is 9.10. The van der Waals surface area contributed by atoms with Gasteiger partial charge in [0.2, 0.25) is 0 Å². The third-order valence-electron chi connectivity index (χ3n) is 2.59. The number of halogens is 2. The molecule has 7 heteroatoms. The van der Waals surface area contributed by atoms with Crippen LogP contribution in [0.3, 0.4) is 0 Å². The Balaban J connectivity index is 0.000000704. The van der Waals surface area contributed by atoms with E-state index in [1.165, 1.54) is 0 Å². The van der Waals surface area contributed by atoms with Crippen molar-refractivity contribution >= 4 is 50.0 Å². The van der Waals surface area contributed by atoms with E-state index in [1.54, 1.807) is 22.9 Å². The number of primary amides is 1. The minimum atomic E-state index is -0.570. The summed E-state index contributed by atoms with van der Waals surface area (Å²) in [5.74, 6) is -0.570. The zero-order valence-corrected chi connectivity index (χ0v) is 13.2. The molecule has 0 aliphatic carbocycles. The third-order valence-corrected chi connectivity index (χ3v) is 3.38. The van der Waals surface area contributed by atoms with Gasteiger partial charge < -0.3 is 5.73 Å². The minimum Gasteiger partial charge on any atom is -0.364 e. The zero-order chi connectivity index (χ0) is 14.9. The molecule has 20 heavy (non-hydrogen) atoms. The second-order valence-electron chi connectivity index (χ2n) is 3.74. The molecule has 3 heterocycles. The summed E-state index contributed by atoms with van der Waals surface area (Å²) in [6.07, 6.45) is 3.24. The van der Waals surface area contributed by atoms with Gasteiger partial charge in [0.25, 0.3) is 5.91 Å². The summed E-state index contributed by atoms with van der Waals surface area (Å²) >= 11 is 9.28. The van der Waals surface area contributed by atoms with Gasteiger partial charge in [-0.15, -0.1) is 0 Å². The van der Waals surface area contributed by atoms with E-state index in [-0.39, 0.29) is 5.69 Å². The van der Waals surface area contributed by atoms with Gasteiger partial charge in [0, 0.05) is 23.8 Å². The molecule has 0 saturated heterocycles. The van der Waals surface area contributed by atoms with Crippen molar-refractivity contribution in [1.29, 1.82) is 0 Å². The summed E-state index contributed by atoms with van der Waals surface area (Å²) in [6, 6.07) is 3.58. The molecule has 0 bridgehead atoms. The van der Waals surface area contributed by atoms with Crippen LogP contribution < -0.4 is 5.73 Å². The Labute approximate surface area is 128 Å².